The van der Waals surface area contributed by atoms with Gasteiger partial charge in [0.05, 0.1) is 6.61 Å². The number of halogens is 1. The SMILES string of the molecule is CCCOc1cccc(/C=C(/C#N)C(=O)Nc2ccc(Cl)cc2)c1. The van der Waals surface area contributed by atoms with Crippen molar-refractivity contribution in [2.45, 2.75) is 13.3 Å². The Kier molecular flexibility index (Phi) is 6.41. The molecule has 2 rings (SSSR count). The number of hydrogen-bond acceptors (Lipinski definition) is 3. The van der Waals surface area contributed by atoms with E-state index in [1.807, 2.05) is 31.2 Å². The molecule has 0 aliphatic carbocycles. The summed E-state index contributed by atoms with van der Waals surface area (Å²) in [5.41, 5.74) is 1.31. The first-order valence-corrected chi connectivity index (χ1v) is 7.91. The molecule has 0 bridgehead atoms. The van der Waals surface area contributed by atoms with E-state index < -0.39 is 5.91 Å². The van der Waals surface area contributed by atoms with Crippen molar-refractivity contribution in [3.63, 3.8) is 0 Å². The predicted octanol–water partition coefficient (Wildman–Crippen LogP) is 4.67. The van der Waals surface area contributed by atoms with Crippen molar-refractivity contribution in [3.8, 4) is 11.8 Å². The molecule has 2 aromatic rings. The molecule has 122 valence electrons. The molecule has 0 atom stereocenters. The third-order valence-electron chi connectivity index (χ3n) is 3.11. The van der Waals surface area contributed by atoms with Crippen molar-refractivity contribution in [1.29, 1.82) is 5.26 Å². The zero-order chi connectivity index (χ0) is 17.4. The van der Waals surface area contributed by atoms with Crippen LogP contribution in [0.3, 0.4) is 0 Å². The number of nitrogens with zero attached hydrogens (tertiary/aromatic N) is 1. The summed E-state index contributed by atoms with van der Waals surface area (Å²) in [4.78, 5) is 12.2. The van der Waals surface area contributed by atoms with Gasteiger partial charge in [-0.1, -0.05) is 30.7 Å². The van der Waals surface area contributed by atoms with E-state index in [2.05, 4.69) is 5.32 Å². The van der Waals surface area contributed by atoms with E-state index in [9.17, 15) is 10.1 Å². The van der Waals surface area contributed by atoms with Gasteiger partial charge in [-0.25, -0.2) is 0 Å². The number of nitriles is 1. The first kappa shape index (κ1) is 17.6. The largest absolute Gasteiger partial charge is 0.494 e. The summed E-state index contributed by atoms with van der Waals surface area (Å²) >= 11 is 5.81. The highest BCUT2D eigenvalue weighted by Crippen LogP contribution is 2.18. The highest BCUT2D eigenvalue weighted by molar-refractivity contribution is 6.30. The van der Waals surface area contributed by atoms with Crippen LogP contribution in [0.1, 0.15) is 18.9 Å². The Labute approximate surface area is 146 Å². The van der Waals surface area contributed by atoms with Crippen LogP contribution in [0.5, 0.6) is 5.75 Å². The van der Waals surface area contributed by atoms with E-state index >= 15 is 0 Å². The Balaban J connectivity index is 2.14. The second kappa shape index (κ2) is 8.76. The molecule has 0 aliphatic rings. The Morgan fingerprint density at radius 2 is 2.04 bits per heavy atom. The average Bonchev–Trinajstić information content (AvgIpc) is 2.60. The van der Waals surface area contributed by atoms with Crippen LogP contribution >= 0.6 is 11.6 Å². The fourth-order valence-electron chi connectivity index (χ4n) is 1.96. The van der Waals surface area contributed by atoms with Crippen LogP contribution in [0, 0.1) is 11.3 Å². The van der Waals surface area contributed by atoms with Gasteiger partial charge in [-0.2, -0.15) is 5.26 Å². The molecule has 0 radical (unpaired) electrons. The summed E-state index contributed by atoms with van der Waals surface area (Å²) in [5, 5.41) is 12.5. The molecule has 0 spiro atoms. The smallest absolute Gasteiger partial charge is 0.266 e. The summed E-state index contributed by atoms with van der Waals surface area (Å²) in [6.45, 7) is 2.65. The normalized spacial score (nSPS) is 10.8. The second-order valence-corrected chi connectivity index (χ2v) is 5.49. The average molecular weight is 341 g/mol. The van der Waals surface area contributed by atoms with E-state index in [0.717, 1.165) is 12.0 Å². The fourth-order valence-corrected chi connectivity index (χ4v) is 2.09. The van der Waals surface area contributed by atoms with Gasteiger partial charge in [-0.05, 0) is 54.5 Å². The lowest BCUT2D eigenvalue weighted by molar-refractivity contribution is -0.112. The number of hydrogen-bond donors (Lipinski definition) is 1. The van der Waals surface area contributed by atoms with Gasteiger partial charge in [0.25, 0.3) is 5.91 Å². The molecule has 0 aliphatic heterocycles. The standard InChI is InChI=1S/C19H17ClN2O2/c1-2-10-24-18-5-3-4-14(12-18)11-15(13-21)19(23)22-17-8-6-16(20)7-9-17/h3-9,11-12H,2,10H2,1H3,(H,22,23)/b15-11-. The number of anilines is 1. The van der Waals surface area contributed by atoms with E-state index in [1.54, 1.807) is 30.3 Å². The minimum Gasteiger partial charge on any atom is -0.494 e. The van der Waals surface area contributed by atoms with Crippen LogP contribution in [0.2, 0.25) is 5.02 Å². The topological polar surface area (TPSA) is 62.1 Å². The van der Waals surface area contributed by atoms with Crippen LogP contribution in [0.15, 0.2) is 54.1 Å². The highest BCUT2D eigenvalue weighted by Gasteiger charge is 2.09. The second-order valence-electron chi connectivity index (χ2n) is 5.05. The van der Waals surface area contributed by atoms with Crippen LogP contribution in [0.25, 0.3) is 6.08 Å². The maximum absolute atomic E-state index is 12.2. The van der Waals surface area contributed by atoms with Crippen molar-refractivity contribution >= 4 is 29.3 Å². The Morgan fingerprint density at radius 3 is 2.71 bits per heavy atom. The Morgan fingerprint density at radius 1 is 1.29 bits per heavy atom. The number of carbonyl (C=O) groups is 1. The quantitative estimate of drug-likeness (QED) is 0.613. The number of benzene rings is 2. The van der Waals surface area contributed by atoms with Gasteiger partial charge in [-0.15, -0.1) is 0 Å². The molecule has 5 heteroatoms. The molecule has 1 amide bonds. The number of nitrogens with one attached hydrogen (secondary N) is 1. The van der Waals surface area contributed by atoms with Gasteiger partial charge in [0.1, 0.15) is 17.4 Å². The number of ether oxygens (including phenoxy) is 1. The monoisotopic (exact) mass is 340 g/mol. The van der Waals surface area contributed by atoms with Gasteiger partial charge in [-0.3, -0.25) is 4.79 Å². The Bertz CT molecular complexity index is 777. The van der Waals surface area contributed by atoms with Crippen LogP contribution in [-0.4, -0.2) is 12.5 Å². The van der Waals surface area contributed by atoms with E-state index in [-0.39, 0.29) is 5.57 Å². The fraction of sp³-hybridized carbons (Fsp3) is 0.158. The molecule has 0 aromatic heterocycles. The molecule has 1 N–H and O–H groups in total. The van der Waals surface area contributed by atoms with Crippen molar-refractivity contribution in [1.82, 2.24) is 0 Å². The zero-order valence-electron chi connectivity index (χ0n) is 13.3. The third kappa shape index (κ3) is 5.15. The van der Waals surface area contributed by atoms with Gasteiger partial charge < -0.3 is 10.1 Å². The molecule has 0 unspecified atom stereocenters. The predicted molar refractivity (Wildman–Crippen MR) is 95.9 cm³/mol. The van der Waals surface area contributed by atoms with E-state index in [0.29, 0.717) is 23.1 Å². The van der Waals surface area contributed by atoms with Gasteiger partial charge >= 0.3 is 0 Å². The minimum absolute atomic E-state index is 0.0117. The van der Waals surface area contributed by atoms with E-state index in [1.165, 1.54) is 6.08 Å². The number of carbonyl (C=O) groups excluding carboxylic acids is 1. The first-order valence-electron chi connectivity index (χ1n) is 7.54. The van der Waals surface area contributed by atoms with Crippen molar-refractivity contribution in [3.05, 3.63) is 64.7 Å². The van der Waals surface area contributed by atoms with Crippen LogP contribution < -0.4 is 10.1 Å². The maximum Gasteiger partial charge on any atom is 0.266 e. The van der Waals surface area contributed by atoms with Crippen molar-refractivity contribution in [2.75, 3.05) is 11.9 Å². The summed E-state index contributed by atoms with van der Waals surface area (Å²) in [6, 6.07) is 15.9. The number of amides is 1. The maximum atomic E-state index is 12.2. The molecule has 0 fully saturated rings. The summed E-state index contributed by atoms with van der Waals surface area (Å²) in [7, 11) is 0. The van der Waals surface area contributed by atoms with Crippen molar-refractivity contribution < 1.29 is 9.53 Å². The van der Waals surface area contributed by atoms with Gasteiger partial charge in [0, 0.05) is 10.7 Å². The minimum atomic E-state index is -0.472. The molecule has 0 heterocycles. The summed E-state index contributed by atoms with van der Waals surface area (Å²) in [5.74, 6) is 0.237. The lowest BCUT2D eigenvalue weighted by Gasteiger charge is -2.06. The molecule has 24 heavy (non-hydrogen) atoms. The molecular weight excluding hydrogens is 324 g/mol. The number of rotatable bonds is 6. The van der Waals surface area contributed by atoms with E-state index in [4.69, 9.17) is 16.3 Å². The zero-order valence-corrected chi connectivity index (χ0v) is 14.0. The molecular formula is C19H17ClN2O2. The Hall–Kier alpha value is -2.77. The lowest BCUT2D eigenvalue weighted by atomic mass is 10.1. The van der Waals surface area contributed by atoms with Crippen LogP contribution in [0.4, 0.5) is 5.69 Å². The van der Waals surface area contributed by atoms with Gasteiger partial charge in [0.2, 0.25) is 0 Å². The third-order valence-corrected chi connectivity index (χ3v) is 3.36. The van der Waals surface area contributed by atoms with Crippen molar-refractivity contribution in [2.24, 2.45) is 0 Å². The highest BCUT2D eigenvalue weighted by atomic mass is 35.5. The molecule has 0 saturated heterocycles. The van der Waals surface area contributed by atoms with Gasteiger partial charge in [0.15, 0.2) is 0 Å². The summed E-state index contributed by atoms with van der Waals surface area (Å²) in [6.07, 6.45) is 2.44. The van der Waals surface area contributed by atoms with Crippen LogP contribution in [-0.2, 0) is 4.79 Å². The summed E-state index contributed by atoms with van der Waals surface area (Å²) < 4.78 is 5.55. The first-order chi connectivity index (χ1) is 11.6. The lowest BCUT2D eigenvalue weighted by Crippen LogP contribution is -2.13. The molecule has 4 nitrogen and oxygen atoms in total. The molecule has 0 saturated carbocycles. The molecule has 2 aromatic carbocycles.